The molecule has 0 radical (unpaired) electrons. The van der Waals surface area contributed by atoms with Crippen LogP contribution in [0.1, 0.15) is 48.6 Å². The van der Waals surface area contributed by atoms with E-state index < -0.39 is 5.97 Å². The lowest BCUT2D eigenvalue weighted by molar-refractivity contribution is -0.143. The van der Waals surface area contributed by atoms with E-state index in [-0.39, 0.29) is 18.3 Å². The van der Waals surface area contributed by atoms with E-state index in [0.717, 1.165) is 11.1 Å². The van der Waals surface area contributed by atoms with Crippen LogP contribution in [0.15, 0.2) is 52.5 Å². The Morgan fingerprint density at radius 3 is 2.52 bits per heavy atom. The minimum absolute atomic E-state index is 0.153. The quantitative estimate of drug-likeness (QED) is 0.666. The summed E-state index contributed by atoms with van der Waals surface area (Å²) in [6, 6.07) is 12.7. The Labute approximate surface area is 147 Å². The molecule has 5 heteroatoms. The van der Waals surface area contributed by atoms with Crippen LogP contribution in [-0.2, 0) is 20.9 Å². The molecule has 0 aliphatic rings. The minimum atomic E-state index is -0.507. The lowest BCUT2D eigenvalue weighted by Crippen LogP contribution is -2.03. The van der Waals surface area contributed by atoms with Crippen LogP contribution in [-0.4, -0.2) is 18.5 Å². The summed E-state index contributed by atoms with van der Waals surface area (Å²) in [5.41, 5.74) is 1.88. The summed E-state index contributed by atoms with van der Waals surface area (Å²) >= 11 is 0. The van der Waals surface area contributed by atoms with Gasteiger partial charge in [0.2, 0.25) is 5.76 Å². The first-order chi connectivity index (χ1) is 12.1. The van der Waals surface area contributed by atoms with Crippen molar-refractivity contribution < 1.29 is 23.5 Å². The molecular weight excluding hydrogens is 320 g/mol. The standard InChI is InChI=1S/C20H22O5/c1-3-23-19(21)12-9-15(2)13-17-10-11-18(25-17)20(22)24-14-16-7-5-4-6-8-16/h4-8,10-11,13H,3,9,12,14H2,1-2H3/b15-13+. The molecule has 5 nitrogen and oxygen atoms in total. The first-order valence-electron chi connectivity index (χ1n) is 8.22. The van der Waals surface area contributed by atoms with Gasteiger partial charge in [0.05, 0.1) is 6.61 Å². The molecule has 1 heterocycles. The van der Waals surface area contributed by atoms with E-state index in [1.54, 1.807) is 25.1 Å². The molecule has 132 valence electrons. The first-order valence-corrected chi connectivity index (χ1v) is 8.22. The van der Waals surface area contributed by atoms with Gasteiger partial charge in [-0.1, -0.05) is 35.9 Å². The van der Waals surface area contributed by atoms with Gasteiger partial charge in [-0.05, 0) is 44.0 Å². The maximum atomic E-state index is 12.0. The summed E-state index contributed by atoms with van der Waals surface area (Å²) in [6.45, 7) is 4.26. The number of carbonyl (C=O) groups excluding carboxylic acids is 2. The van der Waals surface area contributed by atoms with Crippen molar-refractivity contribution in [2.24, 2.45) is 0 Å². The van der Waals surface area contributed by atoms with E-state index in [1.165, 1.54) is 0 Å². The third kappa shape index (κ3) is 6.30. The average molecular weight is 342 g/mol. The van der Waals surface area contributed by atoms with Crippen molar-refractivity contribution in [2.45, 2.75) is 33.3 Å². The second kappa shape index (κ2) is 9.47. The molecule has 0 N–H and O–H groups in total. The van der Waals surface area contributed by atoms with Gasteiger partial charge in [0.25, 0.3) is 0 Å². The van der Waals surface area contributed by atoms with E-state index in [4.69, 9.17) is 13.9 Å². The fraction of sp³-hybridized carbons (Fsp3) is 0.300. The number of hydrogen-bond donors (Lipinski definition) is 0. The molecule has 1 aromatic carbocycles. The van der Waals surface area contributed by atoms with Crippen LogP contribution in [0, 0.1) is 0 Å². The number of allylic oxidation sites excluding steroid dienone is 1. The zero-order chi connectivity index (χ0) is 18.1. The van der Waals surface area contributed by atoms with Crippen LogP contribution >= 0.6 is 0 Å². The van der Waals surface area contributed by atoms with Crippen LogP contribution in [0.25, 0.3) is 6.08 Å². The topological polar surface area (TPSA) is 65.7 Å². The van der Waals surface area contributed by atoms with E-state index in [9.17, 15) is 9.59 Å². The Bertz CT molecular complexity index is 728. The maximum absolute atomic E-state index is 12.0. The van der Waals surface area contributed by atoms with Crippen LogP contribution in [0.4, 0.5) is 0 Å². The fourth-order valence-electron chi connectivity index (χ4n) is 2.18. The second-order valence-corrected chi connectivity index (χ2v) is 5.56. The number of hydrogen-bond acceptors (Lipinski definition) is 5. The molecule has 0 atom stereocenters. The zero-order valence-corrected chi connectivity index (χ0v) is 14.5. The monoisotopic (exact) mass is 342 g/mol. The number of ether oxygens (including phenoxy) is 2. The molecule has 0 amide bonds. The smallest absolute Gasteiger partial charge is 0.374 e. The number of furan rings is 1. The molecule has 0 unspecified atom stereocenters. The van der Waals surface area contributed by atoms with Crippen molar-refractivity contribution in [2.75, 3.05) is 6.61 Å². The van der Waals surface area contributed by atoms with E-state index in [0.29, 0.717) is 25.2 Å². The first kappa shape index (κ1) is 18.5. The molecule has 25 heavy (non-hydrogen) atoms. The third-order valence-electron chi connectivity index (χ3n) is 3.46. The van der Waals surface area contributed by atoms with Crippen molar-refractivity contribution in [1.82, 2.24) is 0 Å². The highest BCUT2D eigenvalue weighted by Gasteiger charge is 2.12. The summed E-state index contributed by atoms with van der Waals surface area (Å²) in [6.07, 6.45) is 2.70. The predicted molar refractivity (Wildman–Crippen MR) is 93.8 cm³/mol. The van der Waals surface area contributed by atoms with Crippen molar-refractivity contribution in [1.29, 1.82) is 0 Å². The van der Waals surface area contributed by atoms with Crippen molar-refractivity contribution >= 4 is 18.0 Å². The summed E-state index contributed by atoms with van der Waals surface area (Å²) in [4.78, 5) is 23.4. The SMILES string of the molecule is CCOC(=O)CC/C(C)=C/c1ccc(C(=O)OCc2ccccc2)o1. The molecule has 0 aliphatic heterocycles. The Morgan fingerprint density at radius 1 is 1.04 bits per heavy atom. The van der Waals surface area contributed by atoms with E-state index >= 15 is 0 Å². The Balaban J connectivity index is 1.87. The van der Waals surface area contributed by atoms with Crippen LogP contribution in [0.5, 0.6) is 0 Å². The van der Waals surface area contributed by atoms with Gasteiger partial charge in [-0.25, -0.2) is 4.79 Å². The molecule has 1 aromatic heterocycles. The van der Waals surface area contributed by atoms with Gasteiger partial charge in [-0.15, -0.1) is 0 Å². The number of rotatable bonds is 8. The molecule has 0 bridgehead atoms. The van der Waals surface area contributed by atoms with Crippen LogP contribution in [0.2, 0.25) is 0 Å². The molecule has 0 fully saturated rings. The lowest BCUT2D eigenvalue weighted by atomic mass is 10.1. The summed E-state index contributed by atoms with van der Waals surface area (Å²) in [5, 5.41) is 0. The van der Waals surface area contributed by atoms with Gasteiger partial charge in [0.15, 0.2) is 0 Å². The number of esters is 2. The summed E-state index contributed by atoms with van der Waals surface area (Å²) in [7, 11) is 0. The second-order valence-electron chi connectivity index (χ2n) is 5.56. The highest BCUT2D eigenvalue weighted by molar-refractivity contribution is 5.86. The van der Waals surface area contributed by atoms with Crippen molar-refractivity contribution in [3.05, 3.63) is 65.1 Å². The van der Waals surface area contributed by atoms with E-state index in [1.807, 2.05) is 37.3 Å². The highest BCUT2D eigenvalue weighted by Crippen LogP contribution is 2.16. The third-order valence-corrected chi connectivity index (χ3v) is 3.46. The Kier molecular flexibility index (Phi) is 7.01. The summed E-state index contributed by atoms with van der Waals surface area (Å²) < 4.78 is 15.6. The molecule has 2 rings (SSSR count). The molecular formula is C20H22O5. The number of carbonyl (C=O) groups is 2. The minimum Gasteiger partial charge on any atom is -0.466 e. The molecule has 0 saturated carbocycles. The normalized spacial score (nSPS) is 11.2. The van der Waals surface area contributed by atoms with Gasteiger partial charge in [-0.3, -0.25) is 4.79 Å². The molecule has 0 aliphatic carbocycles. The van der Waals surface area contributed by atoms with Crippen molar-refractivity contribution in [3.8, 4) is 0 Å². The molecule has 0 spiro atoms. The van der Waals surface area contributed by atoms with E-state index in [2.05, 4.69) is 0 Å². The van der Waals surface area contributed by atoms with Gasteiger partial charge in [0.1, 0.15) is 12.4 Å². The van der Waals surface area contributed by atoms with Gasteiger partial charge in [0, 0.05) is 6.42 Å². The zero-order valence-electron chi connectivity index (χ0n) is 14.5. The lowest BCUT2D eigenvalue weighted by Gasteiger charge is -2.03. The summed E-state index contributed by atoms with van der Waals surface area (Å²) in [5.74, 6) is -0.0269. The molecule has 0 saturated heterocycles. The number of benzene rings is 1. The fourth-order valence-corrected chi connectivity index (χ4v) is 2.18. The van der Waals surface area contributed by atoms with Gasteiger partial charge >= 0.3 is 11.9 Å². The maximum Gasteiger partial charge on any atom is 0.374 e. The highest BCUT2D eigenvalue weighted by atomic mass is 16.5. The molecule has 2 aromatic rings. The largest absolute Gasteiger partial charge is 0.466 e. The predicted octanol–water partition coefficient (Wildman–Crippen LogP) is 4.38. The average Bonchev–Trinajstić information content (AvgIpc) is 3.07. The Morgan fingerprint density at radius 2 is 1.80 bits per heavy atom. The van der Waals surface area contributed by atoms with Crippen molar-refractivity contribution in [3.63, 3.8) is 0 Å². The van der Waals surface area contributed by atoms with Crippen LogP contribution < -0.4 is 0 Å². The van der Waals surface area contributed by atoms with Gasteiger partial charge < -0.3 is 13.9 Å². The van der Waals surface area contributed by atoms with Crippen LogP contribution in [0.3, 0.4) is 0 Å². The Hall–Kier alpha value is -2.82. The van der Waals surface area contributed by atoms with Gasteiger partial charge in [-0.2, -0.15) is 0 Å².